The van der Waals surface area contributed by atoms with Crippen LogP contribution in [0.5, 0.6) is 5.75 Å². The first-order chi connectivity index (χ1) is 23.1. The number of aromatic nitrogens is 1. The molecule has 0 bridgehead atoms. The van der Waals surface area contributed by atoms with E-state index >= 15 is 0 Å². The molecule has 1 aliphatic heterocycles. The molecule has 6 N–H and O–H groups in total. The molecule has 0 aliphatic carbocycles. The number of amides is 5. The van der Waals surface area contributed by atoms with E-state index in [9.17, 15) is 29.1 Å². The summed E-state index contributed by atoms with van der Waals surface area (Å²) in [6.45, 7) is 8.71. The van der Waals surface area contributed by atoms with Crippen LogP contribution in [0.25, 0.3) is 10.9 Å². The van der Waals surface area contributed by atoms with Gasteiger partial charge in [0.05, 0.1) is 18.3 Å². The van der Waals surface area contributed by atoms with Crippen LogP contribution in [0.15, 0.2) is 66.9 Å². The van der Waals surface area contributed by atoms with Gasteiger partial charge >= 0.3 is 0 Å². The van der Waals surface area contributed by atoms with Crippen LogP contribution in [0.1, 0.15) is 46.6 Å². The number of primary amides is 1. The van der Waals surface area contributed by atoms with Crippen LogP contribution in [0.4, 0.5) is 0 Å². The number of aliphatic hydroxyl groups is 1. The molecule has 14 heteroatoms. The second-order valence-electron chi connectivity index (χ2n) is 13.5. The Morgan fingerprint density at radius 1 is 1.04 bits per heavy atom. The van der Waals surface area contributed by atoms with Crippen LogP contribution in [0.3, 0.4) is 0 Å². The number of nitrogens with two attached hydrogens (primary N) is 1. The van der Waals surface area contributed by atoms with Crippen LogP contribution in [0, 0.1) is 0 Å². The van der Waals surface area contributed by atoms with Crippen molar-refractivity contribution in [2.24, 2.45) is 5.73 Å². The second-order valence-corrected chi connectivity index (χ2v) is 15.1. The minimum Gasteiger partial charge on any atom is -0.481 e. The van der Waals surface area contributed by atoms with Crippen molar-refractivity contribution in [3.05, 3.63) is 72.4 Å². The monoisotopic (exact) mass is 692 g/mol. The third-order valence-electron chi connectivity index (χ3n) is 7.85. The summed E-state index contributed by atoms with van der Waals surface area (Å²) in [7, 11) is 0. The topological polar surface area (TPSA) is 193 Å². The number of fused-ring (bicyclic) bond motifs is 1. The summed E-state index contributed by atoms with van der Waals surface area (Å²) in [4.78, 5) is 71.5. The maximum atomic E-state index is 13.9. The van der Waals surface area contributed by atoms with Gasteiger partial charge in [-0.05, 0) is 58.7 Å². The van der Waals surface area contributed by atoms with Crippen LogP contribution < -0.4 is 26.4 Å². The Bertz CT molecular complexity index is 1670. The Hall–Kier alpha value is -4.69. The lowest BCUT2D eigenvalue weighted by molar-refractivity contribution is -0.148. The maximum absolute atomic E-state index is 13.9. The van der Waals surface area contributed by atoms with Gasteiger partial charge in [0.2, 0.25) is 17.7 Å². The van der Waals surface area contributed by atoms with Gasteiger partial charge in [0.25, 0.3) is 11.8 Å². The van der Waals surface area contributed by atoms with Crippen molar-refractivity contribution in [2.75, 3.05) is 12.5 Å². The zero-order valence-electron chi connectivity index (χ0n) is 28.3. The fraction of sp³-hybridized carbons (Fsp3) is 0.429. The number of nitrogens with one attached hydrogen (secondary N) is 3. The quantitative estimate of drug-likeness (QED) is 0.177. The summed E-state index contributed by atoms with van der Waals surface area (Å²) >= 11 is 1.40. The number of nitrogens with zero attached hydrogens (tertiary/aromatic N) is 2. The number of hydrogen-bond donors (Lipinski definition) is 5. The van der Waals surface area contributed by atoms with Crippen LogP contribution >= 0.6 is 11.8 Å². The first-order valence-electron chi connectivity index (χ1n) is 15.9. The normalized spacial score (nSPS) is 17.4. The third-order valence-corrected chi connectivity index (χ3v) is 9.22. The summed E-state index contributed by atoms with van der Waals surface area (Å²) in [5, 5.41) is 20.4. The minimum absolute atomic E-state index is 0.0249. The molecular weight excluding hydrogens is 648 g/mol. The van der Waals surface area contributed by atoms with Crippen LogP contribution in [0.2, 0.25) is 0 Å². The molecule has 2 aromatic carbocycles. The highest BCUT2D eigenvalue weighted by Gasteiger charge is 2.50. The molecule has 262 valence electrons. The number of rotatable bonds is 13. The molecule has 0 radical (unpaired) electrons. The number of aliphatic hydroxyl groups excluding tert-OH is 1. The predicted octanol–water partition coefficient (Wildman–Crippen LogP) is 1.66. The van der Waals surface area contributed by atoms with Gasteiger partial charge in [0.15, 0.2) is 12.7 Å². The number of carbonyl (C=O) groups is 5. The van der Waals surface area contributed by atoms with Crippen LogP contribution in [-0.4, -0.2) is 91.5 Å². The smallest absolute Gasteiger partial charge is 0.258 e. The van der Waals surface area contributed by atoms with E-state index in [-0.39, 0.29) is 18.2 Å². The second kappa shape index (κ2) is 15.7. The van der Waals surface area contributed by atoms with Gasteiger partial charge in [-0.3, -0.25) is 29.0 Å². The first-order valence-corrected chi connectivity index (χ1v) is 16.9. The van der Waals surface area contributed by atoms with Crippen molar-refractivity contribution in [3.63, 3.8) is 0 Å². The van der Waals surface area contributed by atoms with Gasteiger partial charge in [0, 0.05) is 21.9 Å². The summed E-state index contributed by atoms with van der Waals surface area (Å²) in [5.41, 5.74) is 6.12. The average molecular weight is 693 g/mol. The zero-order chi connectivity index (χ0) is 35.9. The number of hydrogen-bond acceptors (Lipinski definition) is 9. The van der Waals surface area contributed by atoms with Crippen molar-refractivity contribution in [3.8, 4) is 5.75 Å². The van der Waals surface area contributed by atoms with E-state index in [1.807, 2.05) is 46.8 Å². The highest BCUT2D eigenvalue weighted by molar-refractivity contribution is 8.00. The van der Waals surface area contributed by atoms with E-state index in [2.05, 4.69) is 20.9 Å². The minimum atomic E-state index is -1.78. The molecule has 0 saturated carbocycles. The summed E-state index contributed by atoms with van der Waals surface area (Å²) in [5.74, 6) is -3.03. The fourth-order valence-electron chi connectivity index (χ4n) is 5.57. The van der Waals surface area contributed by atoms with Crippen molar-refractivity contribution in [1.29, 1.82) is 0 Å². The van der Waals surface area contributed by atoms with Crippen molar-refractivity contribution in [2.45, 2.75) is 82.0 Å². The highest BCUT2D eigenvalue weighted by Crippen LogP contribution is 2.40. The Labute approximate surface area is 289 Å². The number of para-hydroxylation sites is 1. The molecule has 4 atom stereocenters. The summed E-state index contributed by atoms with van der Waals surface area (Å²) in [6, 6.07) is 14.2. The van der Waals surface area contributed by atoms with Gasteiger partial charge in [-0.1, -0.05) is 48.5 Å². The molecule has 2 heterocycles. The van der Waals surface area contributed by atoms with E-state index in [0.717, 1.165) is 5.39 Å². The number of ether oxygens (including phenoxy) is 1. The van der Waals surface area contributed by atoms with E-state index in [0.29, 0.717) is 16.8 Å². The Morgan fingerprint density at radius 3 is 2.41 bits per heavy atom. The average Bonchev–Trinajstić information content (AvgIpc) is 3.36. The predicted molar refractivity (Wildman–Crippen MR) is 186 cm³/mol. The molecule has 1 saturated heterocycles. The third kappa shape index (κ3) is 9.92. The molecule has 0 spiro atoms. The molecule has 4 rings (SSSR count). The lowest BCUT2D eigenvalue weighted by Gasteiger charge is -2.35. The molecule has 3 aromatic rings. The SMILES string of the molecule is CC(C)(C)NC(=O)[C@H]1N(C(=O)[C@@H](O)[C@H](Cc2ccccc2)NC(=O)[C@H](CC(N)=O)NC(=O)COc2cccc3cccnc23)CSC1(C)C. The largest absolute Gasteiger partial charge is 0.481 e. The summed E-state index contributed by atoms with van der Waals surface area (Å²) in [6.07, 6.45) is -0.716. The Morgan fingerprint density at radius 2 is 1.73 bits per heavy atom. The zero-order valence-corrected chi connectivity index (χ0v) is 29.1. The molecule has 13 nitrogen and oxygen atoms in total. The maximum Gasteiger partial charge on any atom is 0.258 e. The molecule has 1 aromatic heterocycles. The number of benzene rings is 2. The van der Waals surface area contributed by atoms with Crippen molar-refractivity contribution < 1.29 is 33.8 Å². The molecule has 49 heavy (non-hydrogen) atoms. The van der Waals surface area contributed by atoms with Gasteiger partial charge in [-0.25, -0.2) is 0 Å². The fourth-order valence-corrected chi connectivity index (χ4v) is 6.71. The van der Waals surface area contributed by atoms with Gasteiger partial charge in [0.1, 0.15) is 23.3 Å². The summed E-state index contributed by atoms with van der Waals surface area (Å²) < 4.78 is 5.02. The van der Waals surface area contributed by atoms with E-state index in [1.165, 1.54) is 16.7 Å². The molecule has 1 aliphatic rings. The van der Waals surface area contributed by atoms with Crippen molar-refractivity contribution in [1.82, 2.24) is 25.8 Å². The first kappa shape index (κ1) is 37.1. The standard InChI is InChI=1S/C35H44N6O7S/c1-34(2,3)40-32(46)30-35(4,5)49-20-41(30)33(47)29(44)23(17-21-11-7-6-8-12-21)39-31(45)24(18-26(36)42)38-27(43)19-48-25-15-9-13-22-14-10-16-37-28(22)25/h6-16,23-24,29-30,44H,17-20H2,1-5H3,(H2,36,42)(H,38,43)(H,39,45)(H,40,46)/t23-,24-,29-,30+/m0/s1. The highest BCUT2D eigenvalue weighted by atomic mass is 32.2. The number of carbonyl (C=O) groups excluding carboxylic acids is 5. The van der Waals surface area contributed by atoms with E-state index in [1.54, 1.807) is 54.7 Å². The van der Waals surface area contributed by atoms with E-state index < -0.39 is 71.2 Å². The number of thioether (sulfide) groups is 1. The van der Waals surface area contributed by atoms with Gasteiger partial charge in [-0.15, -0.1) is 11.8 Å². The van der Waals surface area contributed by atoms with Crippen LogP contribution in [-0.2, 0) is 30.4 Å². The molecular formula is C35H44N6O7S. The molecule has 5 amide bonds. The lowest BCUT2D eigenvalue weighted by atomic mass is 9.96. The number of pyridine rings is 1. The van der Waals surface area contributed by atoms with Gasteiger partial charge < -0.3 is 36.4 Å². The lowest BCUT2D eigenvalue weighted by Crippen LogP contribution is -2.61. The molecule has 1 fully saturated rings. The van der Waals surface area contributed by atoms with Gasteiger partial charge in [-0.2, -0.15) is 0 Å². The Balaban J connectivity index is 1.52. The molecule has 0 unspecified atom stereocenters. The van der Waals surface area contributed by atoms with E-state index in [4.69, 9.17) is 10.5 Å². The Kier molecular flexibility index (Phi) is 11.9. The van der Waals surface area contributed by atoms with Crippen molar-refractivity contribution >= 4 is 52.2 Å².